The van der Waals surface area contributed by atoms with E-state index in [0.29, 0.717) is 41.9 Å². The number of aromatic amines is 1. The highest BCUT2D eigenvalue weighted by molar-refractivity contribution is 5.93. The average molecular weight is 460 g/mol. The Balaban J connectivity index is 1.51. The lowest BCUT2D eigenvalue weighted by molar-refractivity contribution is 0.0696. The fourth-order valence-corrected chi connectivity index (χ4v) is 4.39. The Bertz CT molecular complexity index is 1420. The molecule has 174 valence electrons. The quantitative estimate of drug-likeness (QED) is 0.472. The summed E-state index contributed by atoms with van der Waals surface area (Å²) in [5, 5.41) is 18.6. The number of carbonyl (C=O) groups is 1. The maximum atomic E-state index is 12.9. The fourth-order valence-electron chi connectivity index (χ4n) is 4.39. The van der Waals surface area contributed by atoms with Crippen molar-refractivity contribution in [1.29, 1.82) is 0 Å². The van der Waals surface area contributed by atoms with E-state index >= 15 is 0 Å². The molecule has 0 bridgehead atoms. The van der Waals surface area contributed by atoms with E-state index in [1.165, 1.54) is 0 Å². The topological polar surface area (TPSA) is 113 Å². The Morgan fingerprint density at radius 3 is 2.88 bits per heavy atom. The summed E-state index contributed by atoms with van der Waals surface area (Å²) >= 11 is 0. The summed E-state index contributed by atoms with van der Waals surface area (Å²) in [5.74, 6) is -0.186. The maximum absolute atomic E-state index is 12.9. The van der Waals surface area contributed by atoms with Crippen LogP contribution in [-0.4, -0.2) is 57.4 Å². The summed E-state index contributed by atoms with van der Waals surface area (Å²) in [6, 6.07) is 12.4. The highest BCUT2D eigenvalue weighted by Gasteiger charge is 2.16. The number of rotatable bonds is 5. The average Bonchev–Trinajstić information content (AvgIpc) is 3.11. The van der Waals surface area contributed by atoms with Crippen LogP contribution in [0.15, 0.2) is 53.5 Å². The van der Waals surface area contributed by atoms with Crippen molar-refractivity contribution in [1.82, 2.24) is 20.0 Å². The lowest BCUT2D eigenvalue weighted by Gasteiger charge is -2.22. The van der Waals surface area contributed by atoms with Crippen molar-refractivity contribution in [3.8, 4) is 11.3 Å². The van der Waals surface area contributed by atoms with E-state index < -0.39 is 5.97 Å². The van der Waals surface area contributed by atoms with E-state index in [1.54, 1.807) is 35.9 Å². The lowest BCUT2D eigenvalue weighted by atomic mass is 10.0. The van der Waals surface area contributed by atoms with E-state index in [4.69, 9.17) is 4.74 Å². The second kappa shape index (κ2) is 9.11. The normalized spacial score (nSPS) is 14.3. The smallest absolute Gasteiger partial charge is 0.335 e. The van der Waals surface area contributed by atoms with E-state index in [9.17, 15) is 14.7 Å². The predicted molar refractivity (Wildman–Crippen MR) is 128 cm³/mol. The number of hydrogen-bond acceptors (Lipinski definition) is 6. The highest BCUT2D eigenvalue weighted by Crippen LogP contribution is 2.26. The first kappa shape index (κ1) is 21.8. The number of nitrogens with zero attached hydrogens (tertiary/aromatic N) is 4. The summed E-state index contributed by atoms with van der Waals surface area (Å²) in [4.78, 5) is 30.0. The Morgan fingerprint density at radius 2 is 2.03 bits per heavy atom. The molecule has 0 spiro atoms. The van der Waals surface area contributed by atoms with Gasteiger partial charge in [0.2, 0.25) is 0 Å². The van der Waals surface area contributed by atoms with Crippen LogP contribution >= 0.6 is 0 Å². The molecule has 2 aromatic heterocycles. The molecule has 2 N–H and O–H groups in total. The van der Waals surface area contributed by atoms with Crippen molar-refractivity contribution in [2.45, 2.75) is 19.9 Å². The third-order valence-corrected chi connectivity index (χ3v) is 6.24. The van der Waals surface area contributed by atoms with Gasteiger partial charge in [-0.2, -0.15) is 0 Å². The van der Waals surface area contributed by atoms with Gasteiger partial charge >= 0.3 is 5.97 Å². The van der Waals surface area contributed by atoms with E-state index in [2.05, 4.69) is 20.2 Å². The van der Waals surface area contributed by atoms with Gasteiger partial charge in [0.05, 0.1) is 30.4 Å². The molecule has 2 aromatic carbocycles. The minimum Gasteiger partial charge on any atom is -0.478 e. The predicted octanol–water partition coefficient (Wildman–Crippen LogP) is 3.07. The molecule has 0 atom stereocenters. The zero-order chi connectivity index (χ0) is 23.7. The van der Waals surface area contributed by atoms with Gasteiger partial charge < -0.3 is 19.7 Å². The molecule has 0 saturated carbocycles. The number of para-hydroxylation sites is 1. The monoisotopic (exact) mass is 459 g/mol. The molecule has 34 heavy (non-hydrogen) atoms. The number of ether oxygens (including phenoxy) is 1. The van der Waals surface area contributed by atoms with Gasteiger partial charge in [-0.15, -0.1) is 5.10 Å². The van der Waals surface area contributed by atoms with Crippen LogP contribution in [0, 0.1) is 6.92 Å². The molecule has 0 radical (unpaired) electrons. The van der Waals surface area contributed by atoms with Crippen molar-refractivity contribution < 1.29 is 14.6 Å². The highest BCUT2D eigenvalue weighted by atomic mass is 16.5. The molecule has 1 fully saturated rings. The van der Waals surface area contributed by atoms with Crippen molar-refractivity contribution in [3.63, 3.8) is 0 Å². The van der Waals surface area contributed by atoms with Gasteiger partial charge in [-0.25, -0.2) is 9.48 Å². The van der Waals surface area contributed by atoms with E-state index in [1.807, 2.05) is 24.4 Å². The van der Waals surface area contributed by atoms with Crippen molar-refractivity contribution >= 4 is 22.7 Å². The number of benzene rings is 2. The van der Waals surface area contributed by atoms with Gasteiger partial charge in [-0.3, -0.25) is 4.79 Å². The Labute approximate surface area is 195 Å². The zero-order valence-corrected chi connectivity index (χ0v) is 18.8. The first-order valence-electron chi connectivity index (χ1n) is 11.2. The standard InChI is InChI=1S/C25H25N5O4/c1-16-17(5-2-6-18(16)25(32)33)14-30-15-21(27-28-30)19-7-3-8-20-22(31)13-23(26-24(19)20)29-9-4-11-34-12-10-29/h2-3,5-8,13,15H,4,9-12,14H2,1H3,(H,26,31)(H,32,33). The number of nitrogens with one attached hydrogen (secondary N) is 1. The van der Waals surface area contributed by atoms with Gasteiger partial charge in [-0.05, 0) is 36.6 Å². The SMILES string of the molecule is Cc1c(Cn2cc(-c3cccc4c(=O)cc(N5CCCOCC5)[nH]c34)nn2)cccc1C(=O)O. The van der Waals surface area contributed by atoms with Gasteiger partial charge in [0, 0.05) is 36.7 Å². The second-order valence-corrected chi connectivity index (χ2v) is 8.40. The number of aromatic nitrogens is 4. The summed E-state index contributed by atoms with van der Waals surface area (Å²) < 4.78 is 7.23. The number of anilines is 1. The zero-order valence-electron chi connectivity index (χ0n) is 18.8. The van der Waals surface area contributed by atoms with Crippen LogP contribution in [0.1, 0.15) is 27.9 Å². The van der Waals surface area contributed by atoms with Crippen molar-refractivity contribution in [2.24, 2.45) is 0 Å². The van der Waals surface area contributed by atoms with Crippen LogP contribution in [0.5, 0.6) is 0 Å². The molecule has 0 amide bonds. The molecule has 5 rings (SSSR count). The molecule has 1 saturated heterocycles. The molecule has 3 heterocycles. The molecular weight excluding hydrogens is 434 g/mol. The molecular formula is C25H25N5O4. The third kappa shape index (κ3) is 4.17. The van der Waals surface area contributed by atoms with Crippen LogP contribution in [0.4, 0.5) is 5.82 Å². The number of carboxylic acid groups (broad SMARTS) is 1. The maximum Gasteiger partial charge on any atom is 0.335 e. The van der Waals surface area contributed by atoms with Gasteiger partial charge in [0.15, 0.2) is 5.43 Å². The second-order valence-electron chi connectivity index (χ2n) is 8.40. The number of fused-ring (bicyclic) bond motifs is 1. The molecule has 4 aromatic rings. The van der Waals surface area contributed by atoms with Crippen molar-refractivity contribution in [3.05, 3.63) is 75.6 Å². The summed E-state index contributed by atoms with van der Waals surface area (Å²) in [5.41, 5.74) is 3.90. The number of aromatic carboxylic acids is 1. The van der Waals surface area contributed by atoms with Crippen LogP contribution in [0.2, 0.25) is 0 Å². The molecule has 1 aliphatic rings. The van der Waals surface area contributed by atoms with Crippen LogP contribution < -0.4 is 10.3 Å². The largest absolute Gasteiger partial charge is 0.478 e. The molecule has 1 aliphatic heterocycles. The summed E-state index contributed by atoms with van der Waals surface area (Å²) in [6.45, 7) is 5.06. The molecule has 9 nitrogen and oxygen atoms in total. The first-order valence-corrected chi connectivity index (χ1v) is 11.2. The Kier molecular flexibility index (Phi) is 5.85. The number of pyridine rings is 1. The Morgan fingerprint density at radius 1 is 1.18 bits per heavy atom. The lowest BCUT2D eigenvalue weighted by Crippen LogP contribution is -2.28. The van der Waals surface area contributed by atoms with Crippen LogP contribution in [0.3, 0.4) is 0 Å². The van der Waals surface area contributed by atoms with Gasteiger partial charge in [0.1, 0.15) is 11.5 Å². The van der Waals surface area contributed by atoms with Crippen LogP contribution in [0.25, 0.3) is 22.2 Å². The third-order valence-electron chi connectivity index (χ3n) is 6.24. The fraction of sp³-hybridized carbons (Fsp3) is 0.280. The van der Waals surface area contributed by atoms with Crippen LogP contribution in [-0.2, 0) is 11.3 Å². The number of H-pyrrole nitrogens is 1. The molecule has 0 unspecified atom stereocenters. The number of hydrogen-bond donors (Lipinski definition) is 2. The van der Waals surface area contributed by atoms with E-state index in [-0.39, 0.29) is 11.0 Å². The van der Waals surface area contributed by atoms with Crippen molar-refractivity contribution in [2.75, 3.05) is 31.2 Å². The summed E-state index contributed by atoms with van der Waals surface area (Å²) in [7, 11) is 0. The Hall–Kier alpha value is -3.98. The number of carboxylic acids is 1. The minimum atomic E-state index is -0.954. The van der Waals surface area contributed by atoms with Gasteiger partial charge in [-0.1, -0.05) is 29.5 Å². The molecule has 9 heteroatoms. The molecule has 0 aliphatic carbocycles. The summed E-state index contributed by atoms with van der Waals surface area (Å²) in [6.07, 6.45) is 2.71. The first-order chi connectivity index (χ1) is 16.5. The van der Waals surface area contributed by atoms with Gasteiger partial charge in [0.25, 0.3) is 0 Å². The minimum absolute atomic E-state index is 0.0516. The van der Waals surface area contributed by atoms with E-state index in [0.717, 1.165) is 36.5 Å².